The predicted octanol–water partition coefficient (Wildman–Crippen LogP) is 5.89. The molecule has 4 rings (SSSR count). The Morgan fingerprint density at radius 2 is 1.73 bits per heavy atom. The summed E-state index contributed by atoms with van der Waals surface area (Å²) >= 11 is 3.47. The highest BCUT2D eigenvalue weighted by atomic mass is 79.9. The average molecular weight is 563 g/mol. The largest absolute Gasteiger partial charge is 0.503 e. The molecule has 3 aromatic carbocycles. The van der Waals surface area contributed by atoms with E-state index in [2.05, 4.69) is 21.0 Å². The van der Waals surface area contributed by atoms with Gasteiger partial charge in [0.15, 0.2) is 0 Å². The number of carbonyl (C=O) groups is 2. The molecule has 8 heteroatoms. The molecule has 0 fully saturated rings. The summed E-state index contributed by atoms with van der Waals surface area (Å²) in [6.45, 7) is 1.72. The van der Waals surface area contributed by atoms with Crippen LogP contribution >= 0.6 is 15.9 Å². The number of amides is 1. The Labute approximate surface area is 224 Å². The maximum absolute atomic E-state index is 12.4. The number of hydrogen-bond donors (Lipinski definition) is 0. The standard InChI is InChI=1S/C29H27BrN2O5/c1-19(33)32-27(20-12-14-22(30)15-13-20)16-26(31-32)24-10-6-7-11-28(24)37-17-21-8-4-5-9-23(21)25(18-35-2)29(34)36-3/h4-15,18,27H,16-17H2,1-3H3/b25-18+. The van der Waals surface area contributed by atoms with Crippen molar-refractivity contribution >= 4 is 39.1 Å². The average Bonchev–Trinajstić information content (AvgIpc) is 3.37. The molecule has 1 atom stereocenters. The zero-order chi connectivity index (χ0) is 26.4. The lowest BCUT2D eigenvalue weighted by atomic mass is 9.98. The molecule has 7 nitrogen and oxygen atoms in total. The number of hydrogen-bond acceptors (Lipinski definition) is 6. The van der Waals surface area contributed by atoms with Gasteiger partial charge in [-0.15, -0.1) is 0 Å². The highest BCUT2D eigenvalue weighted by Crippen LogP contribution is 2.35. The van der Waals surface area contributed by atoms with Gasteiger partial charge in [-0.3, -0.25) is 4.79 Å². The third kappa shape index (κ3) is 5.91. The van der Waals surface area contributed by atoms with E-state index >= 15 is 0 Å². The smallest absolute Gasteiger partial charge is 0.341 e. The van der Waals surface area contributed by atoms with E-state index in [4.69, 9.17) is 14.2 Å². The fraction of sp³-hybridized carbons (Fsp3) is 0.207. The summed E-state index contributed by atoms with van der Waals surface area (Å²) in [5.41, 5.74) is 4.33. The molecule has 0 N–H and O–H groups in total. The number of halogens is 1. The minimum Gasteiger partial charge on any atom is -0.503 e. The van der Waals surface area contributed by atoms with Crippen molar-refractivity contribution in [1.82, 2.24) is 5.01 Å². The van der Waals surface area contributed by atoms with Crippen LogP contribution in [-0.2, 0) is 25.7 Å². The van der Waals surface area contributed by atoms with Crippen molar-refractivity contribution in [2.75, 3.05) is 14.2 Å². The first-order chi connectivity index (χ1) is 17.9. The Morgan fingerprint density at radius 3 is 2.43 bits per heavy atom. The lowest BCUT2D eigenvalue weighted by Crippen LogP contribution is -2.24. The van der Waals surface area contributed by atoms with Gasteiger partial charge in [-0.25, -0.2) is 9.80 Å². The number of rotatable bonds is 8. The molecule has 0 saturated carbocycles. The number of hydrazone groups is 1. The molecule has 0 aliphatic carbocycles. The minimum atomic E-state index is -0.502. The molecule has 0 saturated heterocycles. The quantitative estimate of drug-likeness (QED) is 0.194. The zero-order valence-electron chi connectivity index (χ0n) is 20.8. The molecular weight excluding hydrogens is 536 g/mol. The number of methoxy groups -OCH3 is 2. The Morgan fingerprint density at radius 1 is 1.03 bits per heavy atom. The van der Waals surface area contributed by atoms with Crippen molar-refractivity contribution in [3.8, 4) is 5.75 Å². The molecule has 1 heterocycles. The van der Waals surface area contributed by atoms with E-state index in [1.54, 1.807) is 0 Å². The van der Waals surface area contributed by atoms with Crippen LogP contribution in [0, 0.1) is 0 Å². The first-order valence-corrected chi connectivity index (χ1v) is 12.5. The van der Waals surface area contributed by atoms with Crippen LogP contribution in [0.4, 0.5) is 0 Å². The van der Waals surface area contributed by atoms with Crippen molar-refractivity contribution in [2.24, 2.45) is 5.10 Å². The van der Waals surface area contributed by atoms with Crippen LogP contribution in [0.3, 0.4) is 0 Å². The van der Waals surface area contributed by atoms with E-state index in [-0.39, 0.29) is 18.6 Å². The number of esters is 1. The Kier molecular flexibility index (Phi) is 8.40. The monoisotopic (exact) mass is 562 g/mol. The Bertz CT molecular complexity index is 1350. The number of para-hydroxylation sites is 1. The first kappa shape index (κ1) is 26.2. The zero-order valence-corrected chi connectivity index (χ0v) is 22.4. The second kappa shape index (κ2) is 11.9. The minimum absolute atomic E-state index is 0.129. The second-order valence-corrected chi connectivity index (χ2v) is 9.30. The lowest BCUT2D eigenvalue weighted by molar-refractivity contribution is -0.134. The predicted molar refractivity (Wildman–Crippen MR) is 145 cm³/mol. The molecule has 0 spiro atoms. The van der Waals surface area contributed by atoms with Crippen LogP contribution in [0.25, 0.3) is 5.57 Å². The van der Waals surface area contributed by atoms with Gasteiger partial charge < -0.3 is 14.2 Å². The summed E-state index contributed by atoms with van der Waals surface area (Å²) in [7, 11) is 2.81. The van der Waals surface area contributed by atoms with Crippen LogP contribution in [0.1, 0.15) is 41.6 Å². The van der Waals surface area contributed by atoms with Gasteiger partial charge in [0, 0.05) is 23.4 Å². The van der Waals surface area contributed by atoms with Crippen molar-refractivity contribution in [1.29, 1.82) is 0 Å². The molecule has 1 unspecified atom stereocenters. The van der Waals surface area contributed by atoms with E-state index in [1.165, 1.54) is 32.4 Å². The molecule has 0 radical (unpaired) electrons. The summed E-state index contributed by atoms with van der Waals surface area (Å²) in [6, 6.07) is 22.8. The SMILES string of the molecule is CO/C=C(/C(=O)OC)c1ccccc1COc1ccccc1C1=NN(C(C)=O)C(c2ccc(Br)cc2)C1. The van der Waals surface area contributed by atoms with Gasteiger partial charge in [-0.2, -0.15) is 5.10 Å². The molecule has 1 aliphatic heterocycles. The van der Waals surface area contributed by atoms with E-state index in [0.29, 0.717) is 23.3 Å². The van der Waals surface area contributed by atoms with Crippen molar-refractivity contribution in [3.63, 3.8) is 0 Å². The van der Waals surface area contributed by atoms with Gasteiger partial charge >= 0.3 is 5.97 Å². The van der Waals surface area contributed by atoms with Crippen molar-refractivity contribution < 1.29 is 23.8 Å². The topological polar surface area (TPSA) is 77.4 Å². The summed E-state index contributed by atoms with van der Waals surface area (Å²) in [5, 5.41) is 6.21. The second-order valence-electron chi connectivity index (χ2n) is 8.38. The van der Waals surface area contributed by atoms with Gasteiger partial charge in [0.1, 0.15) is 17.9 Å². The normalized spacial score (nSPS) is 15.2. The molecule has 1 amide bonds. The molecule has 37 heavy (non-hydrogen) atoms. The van der Waals surface area contributed by atoms with E-state index in [9.17, 15) is 9.59 Å². The lowest BCUT2D eigenvalue weighted by Gasteiger charge is -2.20. The molecule has 0 aromatic heterocycles. The third-order valence-electron chi connectivity index (χ3n) is 6.02. The molecule has 0 bridgehead atoms. The molecule has 190 valence electrons. The van der Waals surface area contributed by atoms with Gasteiger partial charge in [-0.05, 0) is 41.0 Å². The van der Waals surface area contributed by atoms with Crippen molar-refractivity contribution in [2.45, 2.75) is 26.0 Å². The Hall–Kier alpha value is -3.91. The molecular formula is C29H27BrN2O5. The molecule has 3 aromatic rings. The molecule has 1 aliphatic rings. The van der Waals surface area contributed by atoms with Gasteiger partial charge in [0.25, 0.3) is 0 Å². The highest BCUT2D eigenvalue weighted by molar-refractivity contribution is 9.10. The number of nitrogens with zero attached hydrogens (tertiary/aromatic N) is 2. The van der Waals surface area contributed by atoms with Crippen LogP contribution in [0.5, 0.6) is 5.75 Å². The first-order valence-electron chi connectivity index (χ1n) is 11.7. The van der Waals surface area contributed by atoms with Crippen molar-refractivity contribution in [3.05, 3.63) is 106 Å². The van der Waals surface area contributed by atoms with Crippen LogP contribution in [0.2, 0.25) is 0 Å². The van der Waals surface area contributed by atoms with E-state index in [0.717, 1.165) is 26.9 Å². The van der Waals surface area contributed by atoms with Crippen LogP contribution in [-0.4, -0.2) is 36.8 Å². The van der Waals surface area contributed by atoms with E-state index in [1.807, 2.05) is 72.8 Å². The van der Waals surface area contributed by atoms with Crippen LogP contribution < -0.4 is 4.74 Å². The number of carbonyl (C=O) groups excluding carboxylic acids is 2. The van der Waals surface area contributed by atoms with Gasteiger partial charge in [0.2, 0.25) is 5.91 Å². The summed E-state index contributed by atoms with van der Waals surface area (Å²) < 4.78 is 17.3. The fourth-order valence-corrected chi connectivity index (χ4v) is 4.52. The maximum Gasteiger partial charge on any atom is 0.341 e. The summed E-state index contributed by atoms with van der Waals surface area (Å²) in [6.07, 6.45) is 1.92. The highest BCUT2D eigenvalue weighted by Gasteiger charge is 2.32. The van der Waals surface area contributed by atoms with Crippen LogP contribution in [0.15, 0.2) is 88.6 Å². The van der Waals surface area contributed by atoms with E-state index < -0.39 is 5.97 Å². The maximum atomic E-state index is 12.4. The number of ether oxygens (including phenoxy) is 3. The summed E-state index contributed by atoms with van der Waals surface area (Å²) in [4.78, 5) is 24.8. The Balaban J connectivity index is 1.61. The number of benzene rings is 3. The van der Waals surface area contributed by atoms with Gasteiger partial charge in [0.05, 0.1) is 32.2 Å². The summed E-state index contributed by atoms with van der Waals surface area (Å²) in [5.74, 6) is 0.000171. The third-order valence-corrected chi connectivity index (χ3v) is 6.55. The van der Waals surface area contributed by atoms with Gasteiger partial charge in [-0.1, -0.05) is 64.5 Å². The fourth-order valence-electron chi connectivity index (χ4n) is 4.25.